The van der Waals surface area contributed by atoms with E-state index < -0.39 is 37.2 Å². The van der Waals surface area contributed by atoms with Crippen LogP contribution in [0.15, 0.2) is 30.3 Å². The molecule has 148 valence electrons. The topological polar surface area (TPSA) is 90.7 Å². The smallest absolute Gasteiger partial charge is 0.345 e. The molecule has 0 aromatic heterocycles. The Kier molecular flexibility index (Phi) is 11.7. The summed E-state index contributed by atoms with van der Waals surface area (Å²) in [4.78, 5) is 24.1. The summed E-state index contributed by atoms with van der Waals surface area (Å²) in [6, 6.07) is 6.63. The van der Waals surface area contributed by atoms with E-state index in [0.29, 0.717) is 6.42 Å². The summed E-state index contributed by atoms with van der Waals surface area (Å²) in [6.07, 6.45) is 0.396. The van der Waals surface area contributed by atoms with Gasteiger partial charge in [-0.05, 0) is 17.9 Å². The highest BCUT2D eigenvalue weighted by atomic mass is 35.5. The third-order valence-electron chi connectivity index (χ3n) is 3.28. The zero-order valence-electron chi connectivity index (χ0n) is 14.7. The predicted molar refractivity (Wildman–Crippen MR) is 94.8 cm³/mol. The van der Waals surface area contributed by atoms with Crippen molar-refractivity contribution in [1.82, 2.24) is 5.32 Å². The molecule has 0 heterocycles. The standard InChI is InChI=1S/C17H24F2N2O4.ClH/c1-11(2)8-13(20)15(22)21-14(10-25-17(18)19)16(23)24-9-12-6-4-3-5-7-12;/h3-7,11,13-14,17H,8-10,20H2,1-2H3,(H,21,22);1H/t13-,14-;/m0./s1. The third-order valence-corrected chi connectivity index (χ3v) is 3.28. The van der Waals surface area contributed by atoms with E-state index >= 15 is 0 Å². The minimum atomic E-state index is -3.06. The van der Waals surface area contributed by atoms with Crippen molar-refractivity contribution in [2.75, 3.05) is 6.61 Å². The lowest BCUT2D eigenvalue weighted by Gasteiger charge is -2.20. The first kappa shape index (κ1) is 24.2. The van der Waals surface area contributed by atoms with Crippen molar-refractivity contribution in [1.29, 1.82) is 0 Å². The quantitative estimate of drug-likeness (QED) is 0.594. The van der Waals surface area contributed by atoms with Gasteiger partial charge in [-0.3, -0.25) is 4.79 Å². The largest absolute Gasteiger partial charge is 0.459 e. The average molecular weight is 395 g/mol. The summed E-state index contributed by atoms with van der Waals surface area (Å²) in [5.74, 6) is -1.32. The van der Waals surface area contributed by atoms with E-state index in [1.54, 1.807) is 30.3 Å². The number of nitrogens with one attached hydrogen (secondary N) is 1. The van der Waals surface area contributed by atoms with Crippen LogP contribution >= 0.6 is 12.4 Å². The van der Waals surface area contributed by atoms with Crippen molar-refractivity contribution in [3.8, 4) is 0 Å². The molecule has 0 saturated carbocycles. The molecule has 1 aromatic rings. The number of ether oxygens (including phenoxy) is 2. The Labute approximate surface area is 157 Å². The van der Waals surface area contributed by atoms with Crippen molar-refractivity contribution in [2.45, 2.75) is 45.6 Å². The molecule has 2 atom stereocenters. The number of amides is 1. The van der Waals surface area contributed by atoms with Gasteiger partial charge < -0.3 is 20.5 Å². The first-order valence-corrected chi connectivity index (χ1v) is 7.95. The van der Waals surface area contributed by atoms with Gasteiger partial charge in [0.15, 0.2) is 6.04 Å². The molecule has 0 aliphatic heterocycles. The molecule has 6 nitrogen and oxygen atoms in total. The van der Waals surface area contributed by atoms with Crippen molar-refractivity contribution >= 4 is 24.3 Å². The molecule has 0 radical (unpaired) electrons. The lowest BCUT2D eigenvalue weighted by atomic mass is 10.0. The van der Waals surface area contributed by atoms with Crippen molar-refractivity contribution in [3.63, 3.8) is 0 Å². The van der Waals surface area contributed by atoms with Gasteiger partial charge in [0.05, 0.1) is 12.6 Å². The summed E-state index contributed by atoms with van der Waals surface area (Å²) >= 11 is 0. The van der Waals surface area contributed by atoms with Crippen LogP contribution in [0.5, 0.6) is 0 Å². The van der Waals surface area contributed by atoms with E-state index in [2.05, 4.69) is 10.1 Å². The van der Waals surface area contributed by atoms with E-state index in [1.807, 2.05) is 13.8 Å². The molecule has 1 amide bonds. The second kappa shape index (κ2) is 12.6. The van der Waals surface area contributed by atoms with Gasteiger partial charge in [-0.25, -0.2) is 4.79 Å². The van der Waals surface area contributed by atoms with Crippen LogP contribution < -0.4 is 11.1 Å². The fraction of sp³-hybridized carbons (Fsp3) is 0.529. The van der Waals surface area contributed by atoms with E-state index in [4.69, 9.17) is 10.5 Å². The average Bonchev–Trinajstić information content (AvgIpc) is 2.56. The van der Waals surface area contributed by atoms with E-state index in [9.17, 15) is 18.4 Å². The van der Waals surface area contributed by atoms with Gasteiger partial charge in [0.1, 0.15) is 6.61 Å². The minimum absolute atomic E-state index is 0. The van der Waals surface area contributed by atoms with Crippen LogP contribution in [0.2, 0.25) is 0 Å². The van der Waals surface area contributed by atoms with Crippen LogP contribution in [0.4, 0.5) is 8.78 Å². The molecular formula is C17H25ClF2N2O4. The molecule has 0 aliphatic carbocycles. The first-order chi connectivity index (χ1) is 11.8. The Morgan fingerprint density at radius 3 is 2.35 bits per heavy atom. The monoisotopic (exact) mass is 394 g/mol. The normalized spacial score (nSPS) is 13.0. The fourth-order valence-electron chi connectivity index (χ4n) is 2.06. The van der Waals surface area contributed by atoms with Crippen LogP contribution in [-0.2, 0) is 25.7 Å². The summed E-state index contributed by atoms with van der Waals surface area (Å²) in [6.45, 7) is -0.0349. The van der Waals surface area contributed by atoms with Crippen LogP contribution in [-0.4, -0.2) is 37.2 Å². The molecule has 0 saturated heterocycles. The number of rotatable bonds is 10. The Balaban J connectivity index is 0.00000625. The van der Waals surface area contributed by atoms with E-state index in [-0.39, 0.29) is 24.9 Å². The Morgan fingerprint density at radius 2 is 1.81 bits per heavy atom. The Hall–Kier alpha value is -1.77. The summed E-state index contributed by atoms with van der Waals surface area (Å²) < 4.78 is 33.7. The molecular weight excluding hydrogens is 370 g/mol. The van der Waals surface area contributed by atoms with Gasteiger partial charge >= 0.3 is 12.6 Å². The van der Waals surface area contributed by atoms with Gasteiger partial charge in [-0.15, -0.1) is 12.4 Å². The number of alkyl halides is 2. The zero-order chi connectivity index (χ0) is 18.8. The van der Waals surface area contributed by atoms with Crippen LogP contribution in [0.25, 0.3) is 0 Å². The molecule has 0 fully saturated rings. The highest BCUT2D eigenvalue weighted by molar-refractivity contribution is 5.87. The molecule has 0 unspecified atom stereocenters. The number of carbonyl (C=O) groups excluding carboxylic acids is 2. The van der Waals surface area contributed by atoms with Gasteiger partial charge in [-0.2, -0.15) is 8.78 Å². The Bertz CT molecular complexity index is 547. The molecule has 0 spiro atoms. The molecule has 0 aliphatic rings. The number of hydrogen-bond acceptors (Lipinski definition) is 5. The Morgan fingerprint density at radius 1 is 1.19 bits per heavy atom. The van der Waals surface area contributed by atoms with Gasteiger partial charge in [0, 0.05) is 0 Å². The van der Waals surface area contributed by atoms with Gasteiger partial charge in [0.2, 0.25) is 5.91 Å². The third kappa shape index (κ3) is 9.65. The molecule has 1 aromatic carbocycles. The number of halogens is 3. The second-order valence-electron chi connectivity index (χ2n) is 5.98. The lowest BCUT2D eigenvalue weighted by Crippen LogP contribution is -2.51. The first-order valence-electron chi connectivity index (χ1n) is 7.95. The number of esters is 1. The lowest BCUT2D eigenvalue weighted by molar-refractivity contribution is -0.161. The van der Waals surface area contributed by atoms with E-state index in [0.717, 1.165) is 5.56 Å². The van der Waals surface area contributed by atoms with Crippen LogP contribution in [0.3, 0.4) is 0 Å². The molecule has 0 bridgehead atoms. The summed E-state index contributed by atoms with van der Waals surface area (Å²) in [5, 5.41) is 2.32. The van der Waals surface area contributed by atoms with Gasteiger partial charge in [-0.1, -0.05) is 44.2 Å². The summed E-state index contributed by atoms with van der Waals surface area (Å²) in [5.41, 5.74) is 6.46. The zero-order valence-corrected chi connectivity index (χ0v) is 15.5. The maximum absolute atomic E-state index is 12.3. The SMILES string of the molecule is CC(C)C[C@H](N)C(=O)N[C@@H](COC(F)F)C(=O)OCc1ccccc1.Cl. The molecule has 9 heteroatoms. The number of hydrogen-bond donors (Lipinski definition) is 2. The molecule has 1 rings (SSSR count). The molecule has 3 N–H and O–H groups in total. The highest BCUT2D eigenvalue weighted by Crippen LogP contribution is 2.06. The fourth-order valence-corrected chi connectivity index (χ4v) is 2.06. The van der Waals surface area contributed by atoms with Crippen LogP contribution in [0, 0.1) is 5.92 Å². The van der Waals surface area contributed by atoms with Crippen molar-refractivity contribution in [2.24, 2.45) is 11.7 Å². The number of nitrogens with two attached hydrogens (primary N) is 1. The van der Waals surface area contributed by atoms with E-state index in [1.165, 1.54) is 0 Å². The second-order valence-corrected chi connectivity index (χ2v) is 5.98. The maximum atomic E-state index is 12.3. The number of carbonyl (C=O) groups is 2. The van der Waals surface area contributed by atoms with Crippen molar-refractivity contribution < 1.29 is 27.8 Å². The van der Waals surface area contributed by atoms with Crippen LogP contribution in [0.1, 0.15) is 25.8 Å². The maximum Gasteiger partial charge on any atom is 0.345 e. The predicted octanol–water partition coefficient (Wildman–Crippen LogP) is 2.25. The highest BCUT2D eigenvalue weighted by Gasteiger charge is 2.26. The van der Waals surface area contributed by atoms with Crippen molar-refractivity contribution in [3.05, 3.63) is 35.9 Å². The number of benzene rings is 1. The summed E-state index contributed by atoms with van der Waals surface area (Å²) in [7, 11) is 0. The molecule has 26 heavy (non-hydrogen) atoms. The minimum Gasteiger partial charge on any atom is -0.459 e. The van der Waals surface area contributed by atoms with Gasteiger partial charge in [0.25, 0.3) is 0 Å².